The standard InChI is InChI=1S/C43H29NS2/c1-43(2)35-17-9-8-15-30(35)31-20-19-29(25-36(31)43)44(28-13-4-3-5-14-28)37-18-10-16-33-40-38(45-41(33)37)22-21-32-34-23-26-11-6-7-12-27(26)24-39(34)46-42(32)40/h3-25H,1-2H3. The minimum absolute atomic E-state index is 0.0640. The summed E-state index contributed by atoms with van der Waals surface area (Å²) < 4.78 is 5.39. The lowest BCUT2D eigenvalue weighted by Gasteiger charge is -2.28. The van der Waals surface area contributed by atoms with Crippen LogP contribution in [0.4, 0.5) is 17.1 Å². The molecule has 0 bridgehead atoms. The minimum Gasteiger partial charge on any atom is -0.309 e. The van der Waals surface area contributed by atoms with E-state index in [4.69, 9.17) is 0 Å². The third kappa shape index (κ3) is 3.61. The van der Waals surface area contributed by atoms with Gasteiger partial charge in [-0.2, -0.15) is 0 Å². The lowest BCUT2D eigenvalue weighted by Crippen LogP contribution is -2.16. The molecule has 10 rings (SSSR count). The second kappa shape index (κ2) is 9.53. The molecule has 1 aliphatic carbocycles. The molecular weight excluding hydrogens is 595 g/mol. The zero-order valence-electron chi connectivity index (χ0n) is 25.5. The molecule has 1 aliphatic rings. The highest BCUT2D eigenvalue weighted by atomic mass is 32.1. The number of para-hydroxylation sites is 1. The van der Waals surface area contributed by atoms with Crippen molar-refractivity contribution in [3.8, 4) is 11.1 Å². The number of hydrogen-bond donors (Lipinski definition) is 0. The molecule has 2 aromatic heterocycles. The molecule has 0 spiro atoms. The molecule has 0 saturated heterocycles. The molecule has 0 atom stereocenters. The average Bonchev–Trinajstić information content (AvgIpc) is 3.72. The van der Waals surface area contributed by atoms with E-state index in [-0.39, 0.29) is 5.41 Å². The first-order valence-corrected chi connectivity index (χ1v) is 17.5. The van der Waals surface area contributed by atoms with Crippen LogP contribution in [0, 0.1) is 0 Å². The van der Waals surface area contributed by atoms with E-state index < -0.39 is 0 Å². The van der Waals surface area contributed by atoms with Gasteiger partial charge in [0.05, 0.1) is 10.4 Å². The van der Waals surface area contributed by atoms with Crippen molar-refractivity contribution in [1.82, 2.24) is 0 Å². The summed E-state index contributed by atoms with van der Waals surface area (Å²) in [5, 5.41) is 8.01. The van der Waals surface area contributed by atoms with Gasteiger partial charge in [-0.25, -0.2) is 0 Å². The highest BCUT2D eigenvalue weighted by Crippen LogP contribution is 2.52. The van der Waals surface area contributed by atoms with Gasteiger partial charge in [-0.3, -0.25) is 0 Å². The van der Waals surface area contributed by atoms with Crippen LogP contribution >= 0.6 is 22.7 Å². The van der Waals surface area contributed by atoms with Gasteiger partial charge >= 0.3 is 0 Å². The predicted octanol–water partition coefficient (Wildman–Crippen LogP) is 13.4. The van der Waals surface area contributed by atoms with Gasteiger partial charge in [0.2, 0.25) is 0 Å². The third-order valence-corrected chi connectivity index (χ3v) is 12.4. The lowest BCUT2D eigenvalue weighted by molar-refractivity contribution is 0.660. The molecule has 0 amide bonds. The van der Waals surface area contributed by atoms with Crippen molar-refractivity contribution in [3.63, 3.8) is 0 Å². The molecule has 0 aliphatic heterocycles. The zero-order chi connectivity index (χ0) is 30.6. The molecule has 7 aromatic carbocycles. The summed E-state index contributed by atoms with van der Waals surface area (Å²) in [7, 11) is 0. The lowest BCUT2D eigenvalue weighted by atomic mass is 9.82. The van der Waals surface area contributed by atoms with Crippen LogP contribution in [-0.2, 0) is 5.41 Å². The van der Waals surface area contributed by atoms with Crippen LogP contribution in [0.5, 0.6) is 0 Å². The van der Waals surface area contributed by atoms with Gasteiger partial charge < -0.3 is 4.90 Å². The van der Waals surface area contributed by atoms with Gasteiger partial charge in [-0.15, -0.1) is 22.7 Å². The normalized spacial score (nSPS) is 13.6. The highest BCUT2D eigenvalue weighted by molar-refractivity contribution is 7.30. The van der Waals surface area contributed by atoms with Crippen molar-refractivity contribution in [2.24, 2.45) is 0 Å². The highest BCUT2D eigenvalue weighted by Gasteiger charge is 2.35. The number of thiophene rings is 2. The first kappa shape index (κ1) is 26.3. The van der Waals surface area contributed by atoms with Crippen LogP contribution in [0.1, 0.15) is 25.0 Å². The Hall–Kier alpha value is -4.96. The van der Waals surface area contributed by atoms with Crippen molar-refractivity contribution in [2.45, 2.75) is 19.3 Å². The van der Waals surface area contributed by atoms with Crippen molar-refractivity contribution in [1.29, 1.82) is 0 Å². The molecule has 0 N–H and O–H groups in total. The number of rotatable bonds is 3. The Balaban J connectivity index is 1.22. The van der Waals surface area contributed by atoms with E-state index in [1.807, 2.05) is 22.7 Å². The van der Waals surface area contributed by atoms with Gasteiger partial charge in [-0.1, -0.05) is 105 Å². The molecule has 0 fully saturated rings. The largest absolute Gasteiger partial charge is 0.309 e. The average molecular weight is 624 g/mol. The first-order valence-electron chi connectivity index (χ1n) is 15.9. The van der Waals surface area contributed by atoms with E-state index in [1.165, 1.54) is 90.4 Å². The Kier molecular flexibility index (Phi) is 5.44. The Labute approximate surface area is 275 Å². The third-order valence-electron chi connectivity index (χ3n) is 10.0. The van der Waals surface area contributed by atoms with Crippen molar-refractivity contribution in [2.75, 3.05) is 4.90 Å². The van der Waals surface area contributed by atoms with Gasteiger partial charge in [0.1, 0.15) is 0 Å². The van der Waals surface area contributed by atoms with Crippen LogP contribution in [0.3, 0.4) is 0 Å². The van der Waals surface area contributed by atoms with Crippen molar-refractivity contribution >= 4 is 90.9 Å². The van der Waals surface area contributed by atoms with E-state index in [0.717, 1.165) is 0 Å². The fourth-order valence-electron chi connectivity index (χ4n) is 7.80. The Morgan fingerprint density at radius 2 is 1.22 bits per heavy atom. The number of anilines is 3. The monoisotopic (exact) mass is 623 g/mol. The fraction of sp³-hybridized carbons (Fsp3) is 0.0698. The van der Waals surface area contributed by atoms with Crippen LogP contribution < -0.4 is 4.90 Å². The topological polar surface area (TPSA) is 3.24 Å². The first-order chi connectivity index (χ1) is 22.6. The molecule has 3 heteroatoms. The Morgan fingerprint density at radius 1 is 0.478 bits per heavy atom. The van der Waals surface area contributed by atoms with Gasteiger partial charge in [0.15, 0.2) is 0 Å². The zero-order valence-corrected chi connectivity index (χ0v) is 27.2. The van der Waals surface area contributed by atoms with E-state index in [0.29, 0.717) is 0 Å². The number of nitrogens with zero attached hydrogens (tertiary/aromatic N) is 1. The minimum atomic E-state index is -0.0640. The predicted molar refractivity (Wildman–Crippen MR) is 202 cm³/mol. The number of fused-ring (bicyclic) bond motifs is 11. The second-order valence-electron chi connectivity index (χ2n) is 12.9. The molecule has 0 unspecified atom stereocenters. The summed E-state index contributed by atoms with van der Waals surface area (Å²) in [5.41, 5.74) is 9.00. The molecule has 0 saturated carbocycles. The van der Waals surface area contributed by atoms with Gasteiger partial charge in [0.25, 0.3) is 0 Å². The summed E-state index contributed by atoms with van der Waals surface area (Å²) >= 11 is 3.85. The smallest absolute Gasteiger partial charge is 0.0640 e. The van der Waals surface area contributed by atoms with Crippen LogP contribution in [0.2, 0.25) is 0 Å². The molecular formula is C43H29NS2. The maximum absolute atomic E-state index is 2.46. The Bertz CT molecular complexity index is 2670. The van der Waals surface area contributed by atoms with Crippen LogP contribution in [0.15, 0.2) is 140 Å². The summed E-state index contributed by atoms with van der Waals surface area (Å²) in [4.78, 5) is 2.46. The van der Waals surface area contributed by atoms with Crippen molar-refractivity contribution < 1.29 is 0 Å². The number of hydrogen-bond acceptors (Lipinski definition) is 3. The van der Waals surface area contributed by atoms with E-state index >= 15 is 0 Å². The molecule has 218 valence electrons. The molecule has 2 heterocycles. The van der Waals surface area contributed by atoms with E-state index in [1.54, 1.807) is 0 Å². The number of benzene rings is 7. The summed E-state index contributed by atoms with van der Waals surface area (Å²) in [5.74, 6) is 0. The summed E-state index contributed by atoms with van der Waals surface area (Å²) in [6, 6.07) is 51.8. The fourth-order valence-corrected chi connectivity index (χ4v) is 10.4. The quantitative estimate of drug-likeness (QED) is 0.189. The second-order valence-corrected chi connectivity index (χ2v) is 15.0. The maximum atomic E-state index is 2.46. The summed E-state index contributed by atoms with van der Waals surface area (Å²) in [6.07, 6.45) is 0. The van der Waals surface area contributed by atoms with Gasteiger partial charge in [0, 0.05) is 52.4 Å². The van der Waals surface area contributed by atoms with Crippen LogP contribution in [0.25, 0.3) is 62.2 Å². The molecule has 46 heavy (non-hydrogen) atoms. The SMILES string of the molecule is CC1(C)c2ccccc2-c2ccc(N(c3ccccc3)c3cccc4c3sc3ccc5c6cc7ccccc7cc6sc5c34)cc21. The molecule has 1 nitrogen and oxygen atoms in total. The van der Waals surface area contributed by atoms with Gasteiger partial charge in [-0.05, 0) is 81.6 Å². The summed E-state index contributed by atoms with van der Waals surface area (Å²) in [6.45, 7) is 4.72. The molecule has 9 aromatic rings. The van der Waals surface area contributed by atoms with E-state index in [2.05, 4.69) is 158 Å². The van der Waals surface area contributed by atoms with E-state index in [9.17, 15) is 0 Å². The Morgan fingerprint density at radius 3 is 2.09 bits per heavy atom. The molecule has 0 radical (unpaired) electrons. The maximum Gasteiger partial charge on any atom is 0.0640 e. The van der Waals surface area contributed by atoms with Crippen LogP contribution in [-0.4, -0.2) is 0 Å². The van der Waals surface area contributed by atoms with Crippen molar-refractivity contribution in [3.05, 3.63) is 151 Å².